The Balaban J connectivity index is 1.44. The standard InChI is InChI=1S/C23H32N4O2S/c1-23(2,29)14-10-11-27(13-14)19(28)12-18-24-21(26(3)15-8-9-15)20-16-6-4-5-7-17(16)30-22(20)25-18/h14-15,29H,4-13H2,1-3H3. The lowest BCUT2D eigenvalue weighted by Gasteiger charge is -2.25. The second-order valence-corrected chi connectivity index (χ2v) is 10.9. The molecule has 1 atom stereocenters. The summed E-state index contributed by atoms with van der Waals surface area (Å²) < 4.78 is 0. The van der Waals surface area contributed by atoms with Crippen LogP contribution in [0.1, 0.15) is 62.2 Å². The Morgan fingerprint density at radius 2 is 2.00 bits per heavy atom. The van der Waals surface area contributed by atoms with Gasteiger partial charge in [-0.2, -0.15) is 0 Å². The first kappa shape index (κ1) is 20.2. The highest BCUT2D eigenvalue weighted by Gasteiger charge is 2.36. The van der Waals surface area contributed by atoms with Gasteiger partial charge in [-0.3, -0.25) is 4.79 Å². The van der Waals surface area contributed by atoms with Gasteiger partial charge >= 0.3 is 0 Å². The SMILES string of the molecule is CN(c1nc(CC(=O)N2CCC(C(C)(C)O)C2)nc2sc3c(c12)CCCC3)C1CC1. The highest BCUT2D eigenvalue weighted by Crippen LogP contribution is 2.41. The molecule has 3 aliphatic rings. The number of likely N-dealkylation sites (tertiary alicyclic amines) is 1. The molecule has 3 heterocycles. The van der Waals surface area contributed by atoms with Crippen LogP contribution in [0.25, 0.3) is 10.2 Å². The minimum atomic E-state index is -0.749. The summed E-state index contributed by atoms with van der Waals surface area (Å²) in [6.45, 7) is 4.99. The quantitative estimate of drug-likeness (QED) is 0.791. The fourth-order valence-corrected chi connectivity index (χ4v) is 6.24. The van der Waals surface area contributed by atoms with Crippen molar-refractivity contribution in [1.29, 1.82) is 0 Å². The van der Waals surface area contributed by atoms with Crippen LogP contribution in [0.2, 0.25) is 0 Å². The van der Waals surface area contributed by atoms with Crippen LogP contribution in [0.5, 0.6) is 0 Å². The minimum absolute atomic E-state index is 0.0717. The Kier molecular flexibility index (Phi) is 5.01. The van der Waals surface area contributed by atoms with Gasteiger partial charge in [-0.05, 0) is 64.4 Å². The molecule has 2 aromatic rings. The zero-order valence-electron chi connectivity index (χ0n) is 18.3. The topological polar surface area (TPSA) is 69.6 Å². The highest BCUT2D eigenvalue weighted by molar-refractivity contribution is 7.19. The van der Waals surface area contributed by atoms with E-state index in [2.05, 4.69) is 11.9 Å². The zero-order valence-corrected chi connectivity index (χ0v) is 19.1. The zero-order chi connectivity index (χ0) is 21.0. The van der Waals surface area contributed by atoms with Crippen molar-refractivity contribution in [2.24, 2.45) is 5.92 Å². The fourth-order valence-electron chi connectivity index (χ4n) is 4.96. The van der Waals surface area contributed by atoms with Crippen LogP contribution in [0.3, 0.4) is 0 Å². The van der Waals surface area contributed by atoms with E-state index in [0.717, 1.165) is 29.9 Å². The van der Waals surface area contributed by atoms with Gasteiger partial charge in [0.05, 0.1) is 17.4 Å². The first-order valence-electron chi connectivity index (χ1n) is 11.4. The van der Waals surface area contributed by atoms with Crippen LogP contribution < -0.4 is 4.90 Å². The van der Waals surface area contributed by atoms with Crippen LogP contribution in [-0.4, -0.2) is 57.7 Å². The molecule has 2 fully saturated rings. The summed E-state index contributed by atoms with van der Waals surface area (Å²) in [5.74, 6) is 1.87. The fraction of sp³-hybridized carbons (Fsp3) is 0.696. The molecule has 0 radical (unpaired) electrons. The molecule has 2 aliphatic carbocycles. The number of carbonyl (C=O) groups excluding carboxylic acids is 1. The van der Waals surface area contributed by atoms with Crippen LogP contribution >= 0.6 is 11.3 Å². The minimum Gasteiger partial charge on any atom is -0.390 e. The van der Waals surface area contributed by atoms with Crippen LogP contribution in [0, 0.1) is 5.92 Å². The van der Waals surface area contributed by atoms with Crippen molar-refractivity contribution in [3.05, 3.63) is 16.3 Å². The predicted octanol–water partition coefficient (Wildman–Crippen LogP) is 3.33. The highest BCUT2D eigenvalue weighted by atomic mass is 32.1. The van der Waals surface area contributed by atoms with Gasteiger partial charge in [-0.15, -0.1) is 11.3 Å². The van der Waals surface area contributed by atoms with Gasteiger partial charge in [0.15, 0.2) is 0 Å². The third kappa shape index (κ3) is 3.71. The summed E-state index contributed by atoms with van der Waals surface area (Å²) in [5, 5.41) is 11.5. The first-order valence-corrected chi connectivity index (χ1v) is 12.2. The molecule has 1 amide bonds. The van der Waals surface area contributed by atoms with Gasteiger partial charge in [0.25, 0.3) is 0 Å². The second kappa shape index (κ2) is 7.45. The van der Waals surface area contributed by atoms with E-state index in [-0.39, 0.29) is 18.2 Å². The number of thiophene rings is 1. The van der Waals surface area contributed by atoms with Gasteiger partial charge in [0.2, 0.25) is 5.91 Å². The van der Waals surface area contributed by atoms with Gasteiger partial charge in [0, 0.05) is 37.0 Å². The third-order valence-corrected chi connectivity index (χ3v) is 8.31. The monoisotopic (exact) mass is 428 g/mol. The Hall–Kier alpha value is -1.73. The summed E-state index contributed by atoms with van der Waals surface area (Å²) in [6, 6.07) is 0.567. The Bertz CT molecular complexity index is 976. The number of aryl methyl sites for hydroxylation is 2. The van der Waals surface area contributed by atoms with Crippen LogP contribution in [-0.2, 0) is 24.1 Å². The Morgan fingerprint density at radius 1 is 1.23 bits per heavy atom. The molecular formula is C23H32N4O2S. The lowest BCUT2D eigenvalue weighted by Crippen LogP contribution is -2.36. The van der Waals surface area contributed by atoms with Gasteiger partial charge in [-0.25, -0.2) is 9.97 Å². The average molecular weight is 429 g/mol. The molecule has 0 aromatic carbocycles. The van der Waals surface area contributed by atoms with Crippen molar-refractivity contribution in [3.63, 3.8) is 0 Å². The molecule has 1 unspecified atom stereocenters. The molecule has 2 aromatic heterocycles. The lowest BCUT2D eigenvalue weighted by molar-refractivity contribution is -0.130. The maximum Gasteiger partial charge on any atom is 0.230 e. The molecule has 7 heteroatoms. The second-order valence-electron chi connectivity index (χ2n) is 9.85. The number of hydrogen-bond donors (Lipinski definition) is 1. The number of anilines is 1. The molecular weight excluding hydrogens is 396 g/mol. The van der Waals surface area contributed by atoms with Gasteiger partial charge in [-0.1, -0.05) is 0 Å². The Labute approximate surface area is 182 Å². The summed E-state index contributed by atoms with van der Waals surface area (Å²) >= 11 is 1.80. The molecule has 1 saturated carbocycles. The number of hydrogen-bond acceptors (Lipinski definition) is 6. The molecule has 6 nitrogen and oxygen atoms in total. The van der Waals surface area contributed by atoms with Crippen molar-refractivity contribution >= 4 is 33.3 Å². The number of rotatable bonds is 5. The predicted molar refractivity (Wildman–Crippen MR) is 120 cm³/mol. The summed E-state index contributed by atoms with van der Waals surface area (Å²) in [4.78, 5) is 29.5. The molecule has 1 aliphatic heterocycles. The van der Waals surface area contributed by atoms with E-state index in [9.17, 15) is 9.90 Å². The molecule has 162 valence electrons. The van der Waals surface area contributed by atoms with E-state index < -0.39 is 5.60 Å². The normalized spacial score (nSPS) is 21.9. The van der Waals surface area contributed by atoms with E-state index in [0.29, 0.717) is 25.0 Å². The third-order valence-electron chi connectivity index (χ3n) is 7.12. The number of aromatic nitrogens is 2. The van der Waals surface area contributed by atoms with Crippen LogP contribution in [0.4, 0.5) is 5.82 Å². The smallest absolute Gasteiger partial charge is 0.230 e. The first-order chi connectivity index (χ1) is 14.3. The van der Waals surface area contributed by atoms with E-state index in [4.69, 9.17) is 9.97 Å². The maximum absolute atomic E-state index is 13.0. The van der Waals surface area contributed by atoms with E-state index in [1.807, 2.05) is 18.7 Å². The molecule has 1 N–H and O–H groups in total. The largest absolute Gasteiger partial charge is 0.390 e. The van der Waals surface area contributed by atoms with Crippen molar-refractivity contribution < 1.29 is 9.90 Å². The number of amides is 1. The molecule has 30 heavy (non-hydrogen) atoms. The number of carbonyl (C=O) groups is 1. The van der Waals surface area contributed by atoms with Crippen LogP contribution in [0.15, 0.2) is 0 Å². The molecule has 1 saturated heterocycles. The Morgan fingerprint density at radius 3 is 2.70 bits per heavy atom. The maximum atomic E-state index is 13.0. The summed E-state index contributed by atoms with van der Waals surface area (Å²) in [7, 11) is 2.15. The van der Waals surface area contributed by atoms with Crippen molar-refractivity contribution in [3.8, 4) is 0 Å². The summed E-state index contributed by atoms with van der Waals surface area (Å²) in [5.41, 5.74) is 0.704. The molecule has 0 bridgehead atoms. The van der Waals surface area contributed by atoms with Crippen molar-refractivity contribution in [2.75, 3.05) is 25.0 Å². The lowest BCUT2D eigenvalue weighted by atomic mass is 9.90. The number of fused-ring (bicyclic) bond motifs is 3. The van der Waals surface area contributed by atoms with E-state index in [1.165, 1.54) is 41.5 Å². The molecule has 0 spiro atoms. The molecule has 5 rings (SSSR count). The van der Waals surface area contributed by atoms with Crippen molar-refractivity contribution in [2.45, 2.75) is 76.9 Å². The van der Waals surface area contributed by atoms with Crippen molar-refractivity contribution in [1.82, 2.24) is 14.9 Å². The van der Waals surface area contributed by atoms with Gasteiger partial charge in [0.1, 0.15) is 16.5 Å². The van der Waals surface area contributed by atoms with E-state index >= 15 is 0 Å². The van der Waals surface area contributed by atoms with E-state index in [1.54, 1.807) is 11.3 Å². The summed E-state index contributed by atoms with van der Waals surface area (Å²) in [6.07, 6.45) is 8.28. The average Bonchev–Trinajstić information content (AvgIpc) is 3.29. The number of aliphatic hydroxyl groups is 1. The van der Waals surface area contributed by atoms with Gasteiger partial charge < -0.3 is 14.9 Å². The number of nitrogens with zero attached hydrogens (tertiary/aromatic N) is 4.